The second kappa shape index (κ2) is 7.28. The first-order chi connectivity index (χ1) is 10.5. The van der Waals surface area contributed by atoms with Crippen molar-refractivity contribution < 1.29 is 4.79 Å². The molecule has 7 nitrogen and oxygen atoms in total. The van der Waals surface area contributed by atoms with Crippen LogP contribution in [0, 0.1) is 6.92 Å². The summed E-state index contributed by atoms with van der Waals surface area (Å²) in [6, 6.07) is 7.18. The molecule has 0 aliphatic carbocycles. The molecule has 2 rings (SSSR count). The van der Waals surface area contributed by atoms with Gasteiger partial charge in [0, 0.05) is 11.6 Å². The quantitative estimate of drug-likeness (QED) is 0.614. The summed E-state index contributed by atoms with van der Waals surface area (Å²) in [6.07, 6.45) is 0. The van der Waals surface area contributed by atoms with E-state index in [0.717, 1.165) is 22.0 Å². The average molecular weight is 340 g/mol. The fourth-order valence-corrected chi connectivity index (χ4v) is 2.36. The molecule has 2 aromatic rings. The van der Waals surface area contributed by atoms with Crippen LogP contribution in [0.4, 0.5) is 0 Å². The largest absolute Gasteiger partial charge is 0.351 e. The van der Waals surface area contributed by atoms with E-state index in [4.69, 9.17) is 17.4 Å². The molecule has 0 fully saturated rings. The first kappa shape index (κ1) is 16.3. The summed E-state index contributed by atoms with van der Waals surface area (Å²) in [6.45, 7) is 1.91. The number of thioether (sulfide) groups is 1. The average Bonchev–Trinajstić information content (AvgIpc) is 2.51. The van der Waals surface area contributed by atoms with E-state index in [1.807, 2.05) is 12.1 Å². The monoisotopic (exact) mass is 339 g/mol. The molecular weight excluding hydrogens is 326 g/mol. The van der Waals surface area contributed by atoms with Gasteiger partial charge in [0.1, 0.15) is 5.69 Å². The highest BCUT2D eigenvalue weighted by Crippen LogP contribution is 2.11. The highest BCUT2D eigenvalue weighted by Gasteiger charge is 2.10. The van der Waals surface area contributed by atoms with Crippen LogP contribution in [0.15, 0.2) is 34.2 Å². The third kappa shape index (κ3) is 4.22. The Morgan fingerprint density at radius 2 is 2.05 bits per heavy atom. The Kier molecular flexibility index (Phi) is 5.40. The van der Waals surface area contributed by atoms with Gasteiger partial charge in [-0.25, -0.2) is 0 Å². The van der Waals surface area contributed by atoms with Gasteiger partial charge in [0.05, 0.1) is 5.75 Å². The Labute approximate surface area is 135 Å². The topological polar surface area (TPSA) is 103 Å². The van der Waals surface area contributed by atoms with Crippen LogP contribution in [-0.2, 0) is 11.3 Å². The maximum absolute atomic E-state index is 11.8. The van der Waals surface area contributed by atoms with Gasteiger partial charge in [-0.3, -0.25) is 9.59 Å². The minimum absolute atomic E-state index is 0.0853. The number of halogens is 1. The molecule has 0 saturated heterocycles. The molecule has 1 heterocycles. The summed E-state index contributed by atoms with van der Waals surface area (Å²) in [5, 5.41) is 11.1. The number of amides is 1. The van der Waals surface area contributed by atoms with Crippen molar-refractivity contribution in [3.05, 3.63) is 50.9 Å². The maximum Gasteiger partial charge on any atom is 0.294 e. The van der Waals surface area contributed by atoms with Crippen LogP contribution < -0.4 is 16.7 Å². The number of nitrogen functional groups attached to an aromatic ring is 1. The summed E-state index contributed by atoms with van der Waals surface area (Å²) >= 11 is 6.83. The van der Waals surface area contributed by atoms with E-state index in [1.54, 1.807) is 12.1 Å². The van der Waals surface area contributed by atoms with Gasteiger partial charge in [-0.1, -0.05) is 35.5 Å². The summed E-state index contributed by atoms with van der Waals surface area (Å²) in [5.41, 5.74) is 0.715. The van der Waals surface area contributed by atoms with E-state index >= 15 is 0 Å². The van der Waals surface area contributed by atoms with Gasteiger partial charge in [-0.15, -0.1) is 10.2 Å². The lowest BCUT2D eigenvalue weighted by molar-refractivity contribution is -0.118. The third-order valence-corrected chi connectivity index (χ3v) is 3.95. The van der Waals surface area contributed by atoms with Gasteiger partial charge in [-0.2, -0.15) is 4.68 Å². The van der Waals surface area contributed by atoms with Gasteiger partial charge in [0.2, 0.25) is 11.1 Å². The van der Waals surface area contributed by atoms with Crippen molar-refractivity contribution in [2.24, 2.45) is 0 Å². The number of aryl methyl sites for hydroxylation is 1. The number of hydrogen-bond acceptors (Lipinski definition) is 6. The van der Waals surface area contributed by atoms with Gasteiger partial charge >= 0.3 is 0 Å². The molecule has 0 unspecified atom stereocenters. The first-order valence-corrected chi connectivity index (χ1v) is 7.69. The van der Waals surface area contributed by atoms with Crippen molar-refractivity contribution in [3.8, 4) is 0 Å². The number of hydrogen-bond donors (Lipinski definition) is 2. The normalized spacial score (nSPS) is 10.5. The van der Waals surface area contributed by atoms with Crippen LogP contribution in [0.2, 0.25) is 5.02 Å². The second-order valence-electron chi connectivity index (χ2n) is 4.44. The summed E-state index contributed by atoms with van der Waals surface area (Å²) in [4.78, 5) is 23.4. The van der Waals surface area contributed by atoms with E-state index < -0.39 is 5.56 Å². The molecule has 1 aromatic heterocycles. The fourth-order valence-electron chi connectivity index (χ4n) is 1.55. The van der Waals surface area contributed by atoms with E-state index in [9.17, 15) is 9.59 Å². The number of rotatable bonds is 5. The molecule has 0 saturated carbocycles. The minimum Gasteiger partial charge on any atom is -0.351 e. The molecule has 1 amide bonds. The van der Waals surface area contributed by atoms with Crippen molar-refractivity contribution in [1.82, 2.24) is 20.2 Å². The highest BCUT2D eigenvalue weighted by atomic mass is 35.5. The molecule has 22 heavy (non-hydrogen) atoms. The van der Waals surface area contributed by atoms with Gasteiger partial charge in [-0.05, 0) is 24.6 Å². The van der Waals surface area contributed by atoms with Crippen LogP contribution >= 0.6 is 23.4 Å². The zero-order valence-electron chi connectivity index (χ0n) is 11.7. The zero-order valence-corrected chi connectivity index (χ0v) is 13.3. The molecular formula is C13H14ClN5O2S. The Hall–Kier alpha value is -2.06. The van der Waals surface area contributed by atoms with E-state index in [-0.39, 0.29) is 22.5 Å². The highest BCUT2D eigenvalue weighted by molar-refractivity contribution is 7.99. The van der Waals surface area contributed by atoms with Gasteiger partial charge in [0.15, 0.2) is 0 Å². The molecule has 0 atom stereocenters. The van der Waals surface area contributed by atoms with Crippen LogP contribution in [0.3, 0.4) is 0 Å². The molecule has 0 spiro atoms. The Morgan fingerprint density at radius 1 is 1.36 bits per heavy atom. The summed E-state index contributed by atoms with van der Waals surface area (Å²) in [7, 11) is 0. The molecule has 0 bridgehead atoms. The van der Waals surface area contributed by atoms with Crippen molar-refractivity contribution in [3.63, 3.8) is 0 Å². The third-order valence-electron chi connectivity index (χ3n) is 2.76. The first-order valence-electron chi connectivity index (χ1n) is 6.32. The number of nitrogens with one attached hydrogen (secondary N) is 1. The SMILES string of the molecule is Cc1nnc(SCC(=O)NCc2ccc(Cl)cc2)n(N)c1=O. The Morgan fingerprint density at radius 3 is 2.73 bits per heavy atom. The number of aromatic nitrogens is 3. The molecule has 3 N–H and O–H groups in total. The molecule has 9 heteroatoms. The minimum atomic E-state index is -0.431. The molecule has 0 aliphatic heterocycles. The fraction of sp³-hybridized carbons (Fsp3) is 0.231. The lowest BCUT2D eigenvalue weighted by Gasteiger charge is -2.07. The molecule has 0 radical (unpaired) electrons. The van der Waals surface area contributed by atoms with Crippen molar-refractivity contribution >= 4 is 29.3 Å². The van der Waals surface area contributed by atoms with Crippen LogP contribution in [-0.4, -0.2) is 26.5 Å². The standard InChI is InChI=1S/C13H14ClN5O2S/c1-8-12(21)19(15)13(18-17-8)22-7-11(20)16-6-9-2-4-10(14)5-3-9/h2-5H,6-7,15H2,1H3,(H,16,20). The molecule has 116 valence electrons. The van der Waals surface area contributed by atoms with Gasteiger partial charge < -0.3 is 11.2 Å². The summed E-state index contributed by atoms with van der Waals surface area (Å²) in [5.74, 6) is 5.47. The van der Waals surface area contributed by atoms with Crippen LogP contribution in [0.25, 0.3) is 0 Å². The lowest BCUT2D eigenvalue weighted by atomic mass is 10.2. The maximum atomic E-state index is 11.8. The van der Waals surface area contributed by atoms with E-state index in [1.165, 1.54) is 6.92 Å². The number of nitrogens with zero attached hydrogens (tertiary/aromatic N) is 3. The van der Waals surface area contributed by atoms with Gasteiger partial charge in [0.25, 0.3) is 5.56 Å². The predicted molar refractivity (Wildman–Crippen MR) is 85.2 cm³/mol. The molecule has 1 aromatic carbocycles. The number of carbonyl (C=O) groups is 1. The number of benzene rings is 1. The smallest absolute Gasteiger partial charge is 0.294 e. The van der Waals surface area contributed by atoms with E-state index in [2.05, 4.69) is 15.5 Å². The Bertz CT molecular complexity index is 732. The van der Waals surface area contributed by atoms with E-state index in [0.29, 0.717) is 11.6 Å². The van der Waals surface area contributed by atoms with Crippen LogP contribution in [0.5, 0.6) is 0 Å². The molecule has 0 aliphatic rings. The van der Waals surface area contributed by atoms with Crippen molar-refractivity contribution in [1.29, 1.82) is 0 Å². The predicted octanol–water partition coefficient (Wildman–Crippen LogP) is 0.722. The van der Waals surface area contributed by atoms with Crippen LogP contribution in [0.1, 0.15) is 11.3 Å². The number of carbonyl (C=O) groups excluding carboxylic acids is 1. The zero-order chi connectivity index (χ0) is 16.1. The Balaban J connectivity index is 1.87. The van der Waals surface area contributed by atoms with Crippen molar-refractivity contribution in [2.45, 2.75) is 18.6 Å². The van der Waals surface area contributed by atoms with Crippen molar-refractivity contribution in [2.75, 3.05) is 11.6 Å². The second-order valence-corrected chi connectivity index (χ2v) is 5.81. The summed E-state index contributed by atoms with van der Waals surface area (Å²) < 4.78 is 0.888. The lowest BCUT2D eigenvalue weighted by Crippen LogP contribution is -2.33. The number of nitrogens with two attached hydrogens (primary N) is 1.